The summed E-state index contributed by atoms with van der Waals surface area (Å²) in [5.41, 5.74) is 0.863. The highest BCUT2D eigenvalue weighted by Gasteiger charge is 2.69. The Kier molecular flexibility index (Phi) is 3.90. The van der Waals surface area contributed by atoms with E-state index in [4.69, 9.17) is 14.2 Å². The van der Waals surface area contributed by atoms with Gasteiger partial charge in [0.25, 0.3) is 0 Å². The van der Waals surface area contributed by atoms with Crippen LogP contribution < -0.4 is 0 Å². The fraction of sp³-hybridized carbons (Fsp3) is 0.864. The highest BCUT2D eigenvalue weighted by atomic mass is 16.7. The van der Waals surface area contributed by atoms with Gasteiger partial charge in [0, 0.05) is 18.3 Å². The van der Waals surface area contributed by atoms with Crippen LogP contribution in [0, 0.1) is 34.5 Å². The van der Waals surface area contributed by atoms with Crippen LogP contribution in [0.3, 0.4) is 0 Å². The molecule has 0 aromatic rings. The number of carbonyl (C=O) groups excluding carboxylic acids is 1. The number of esters is 1. The molecular weight excluding hydrogens is 344 g/mol. The molecule has 1 heterocycles. The van der Waals surface area contributed by atoms with E-state index >= 15 is 0 Å². The summed E-state index contributed by atoms with van der Waals surface area (Å²) in [7, 11) is 1.48. The Morgan fingerprint density at radius 1 is 1.22 bits per heavy atom. The molecule has 0 unspecified atom stereocenters. The van der Waals surface area contributed by atoms with Gasteiger partial charge in [0.1, 0.15) is 0 Å². The second-order valence-corrected chi connectivity index (χ2v) is 10.0. The van der Waals surface area contributed by atoms with E-state index in [1.54, 1.807) is 0 Å². The lowest BCUT2D eigenvalue weighted by Crippen LogP contribution is -2.62. The Labute approximate surface area is 161 Å². The predicted octanol–water partition coefficient (Wildman–Crippen LogP) is 3.06. The van der Waals surface area contributed by atoms with Gasteiger partial charge in [-0.3, -0.25) is 4.79 Å². The molecule has 2 spiro atoms. The first-order chi connectivity index (χ1) is 12.9. The average Bonchev–Trinajstić information content (AvgIpc) is 3.17. The number of aliphatic hydroxyl groups excluding tert-OH is 1. The number of carbonyl (C=O) groups is 1. The van der Waals surface area contributed by atoms with Gasteiger partial charge in [0.15, 0.2) is 5.79 Å². The molecule has 2 bridgehead atoms. The molecule has 0 radical (unpaired) electrons. The fourth-order valence-electron chi connectivity index (χ4n) is 8.14. The number of hydrogen-bond donors (Lipinski definition) is 1. The molecule has 27 heavy (non-hydrogen) atoms. The van der Waals surface area contributed by atoms with Gasteiger partial charge >= 0.3 is 5.97 Å². The van der Waals surface area contributed by atoms with E-state index in [1.165, 1.54) is 7.11 Å². The van der Waals surface area contributed by atoms with E-state index < -0.39 is 11.9 Å². The second kappa shape index (κ2) is 5.80. The van der Waals surface area contributed by atoms with Crippen LogP contribution in [-0.4, -0.2) is 43.3 Å². The lowest BCUT2D eigenvalue weighted by atomic mass is 9.42. The van der Waals surface area contributed by atoms with Gasteiger partial charge in [0.05, 0.1) is 32.3 Å². The normalized spacial score (nSPS) is 50.3. The van der Waals surface area contributed by atoms with E-state index in [0.717, 1.165) is 44.1 Å². The first-order valence-electron chi connectivity index (χ1n) is 10.6. The Balaban J connectivity index is 1.58. The van der Waals surface area contributed by atoms with E-state index in [1.807, 2.05) is 0 Å². The van der Waals surface area contributed by atoms with Crippen molar-refractivity contribution in [3.05, 3.63) is 12.2 Å². The van der Waals surface area contributed by atoms with Gasteiger partial charge in [-0.15, -0.1) is 0 Å². The summed E-state index contributed by atoms with van der Waals surface area (Å²) in [6.45, 7) is 7.76. The highest BCUT2D eigenvalue weighted by Crippen LogP contribution is 2.71. The number of aliphatic hydroxyl groups is 1. The lowest BCUT2D eigenvalue weighted by Gasteiger charge is -2.63. The Bertz CT molecular complexity index is 668. The molecule has 7 atom stereocenters. The maximum atomic E-state index is 12.7. The predicted molar refractivity (Wildman–Crippen MR) is 98.6 cm³/mol. The first-order valence-corrected chi connectivity index (χ1v) is 10.6. The number of rotatable bonds is 1. The standard InChI is InChI=1S/C22H32O5/c1-13-14-4-5-17-20(2)12-22(26-8-9-27-22)11-15(19(24)25-3)16(20)6-7-21(17,10-14)18(13)23/h14-18,23H,1,4-12H2,2-3H3/t14-,15-,16-,17+,18-,20-,21-/m1/s1. The summed E-state index contributed by atoms with van der Waals surface area (Å²) < 4.78 is 17.4. The quantitative estimate of drug-likeness (QED) is 0.563. The van der Waals surface area contributed by atoms with Crippen molar-refractivity contribution in [2.24, 2.45) is 34.5 Å². The highest BCUT2D eigenvalue weighted by molar-refractivity contribution is 5.73. The molecule has 1 N–H and O–H groups in total. The third-order valence-electron chi connectivity index (χ3n) is 9.09. The average molecular weight is 376 g/mol. The summed E-state index contributed by atoms with van der Waals surface area (Å²) in [4.78, 5) is 12.7. The van der Waals surface area contributed by atoms with Crippen molar-refractivity contribution in [1.29, 1.82) is 0 Å². The van der Waals surface area contributed by atoms with Crippen LogP contribution in [0.2, 0.25) is 0 Å². The largest absolute Gasteiger partial charge is 0.469 e. The summed E-state index contributed by atoms with van der Waals surface area (Å²) in [5.74, 6) is 0.0986. The molecule has 1 saturated heterocycles. The number of ether oxygens (including phenoxy) is 3. The fourth-order valence-corrected chi connectivity index (χ4v) is 8.14. The van der Waals surface area contributed by atoms with Gasteiger partial charge in [-0.25, -0.2) is 0 Å². The second-order valence-electron chi connectivity index (χ2n) is 10.0. The first kappa shape index (κ1) is 18.1. The van der Waals surface area contributed by atoms with Crippen LogP contribution in [0.4, 0.5) is 0 Å². The minimum absolute atomic E-state index is 0.0803. The topological polar surface area (TPSA) is 65.0 Å². The molecule has 5 nitrogen and oxygen atoms in total. The van der Waals surface area contributed by atoms with Crippen LogP contribution in [0.15, 0.2) is 12.2 Å². The summed E-state index contributed by atoms with van der Waals surface area (Å²) >= 11 is 0. The zero-order valence-corrected chi connectivity index (χ0v) is 16.5. The van der Waals surface area contributed by atoms with Gasteiger partial charge in [-0.2, -0.15) is 0 Å². The molecule has 5 fully saturated rings. The Morgan fingerprint density at radius 2 is 1.96 bits per heavy atom. The van der Waals surface area contributed by atoms with Crippen LogP contribution in [0.1, 0.15) is 51.9 Å². The molecule has 5 heteroatoms. The zero-order valence-electron chi connectivity index (χ0n) is 16.5. The molecule has 0 aromatic carbocycles. The maximum Gasteiger partial charge on any atom is 0.309 e. The summed E-state index contributed by atoms with van der Waals surface area (Å²) in [6.07, 6.45) is 6.19. The molecular formula is C22H32O5. The van der Waals surface area contributed by atoms with Crippen LogP contribution in [0.25, 0.3) is 0 Å². The van der Waals surface area contributed by atoms with Gasteiger partial charge in [0.2, 0.25) is 0 Å². The zero-order chi connectivity index (χ0) is 19.0. The van der Waals surface area contributed by atoms with Crippen molar-refractivity contribution in [2.45, 2.75) is 63.8 Å². The Hall–Kier alpha value is -0.910. The van der Waals surface area contributed by atoms with Crippen molar-refractivity contribution >= 4 is 5.97 Å². The molecule has 0 amide bonds. The summed E-state index contributed by atoms with van der Waals surface area (Å²) in [5, 5.41) is 11.2. The third kappa shape index (κ3) is 2.25. The Morgan fingerprint density at radius 3 is 2.67 bits per heavy atom. The van der Waals surface area contributed by atoms with Gasteiger partial charge in [-0.05, 0) is 60.8 Å². The van der Waals surface area contributed by atoms with Gasteiger partial charge in [-0.1, -0.05) is 13.5 Å². The van der Waals surface area contributed by atoms with Crippen molar-refractivity contribution in [3.63, 3.8) is 0 Å². The molecule has 0 aromatic heterocycles. The van der Waals surface area contributed by atoms with E-state index in [9.17, 15) is 9.90 Å². The number of methoxy groups -OCH3 is 1. The molecule has 5 rings (SSSR count). The van der Waals surface area contributed by atoms with Crippen molar-refractivity contribution in [1.82, 2.24) is 0 Å². The number of fused-ring (bicyclic) bond motifs is 3. The van der Waals surface area contributed by atoms with Crippen LogP contribution in [-0.2, 0) is 19.0 Å². The van der Waals surface area contributed by atoms with E-state index in [0.29, 0.717) is 31.5 Å². The minimum Gasteiger partial charge on any atom is -0.469 e. The number of hydrogen-bond acceptors (Lipinski definition) is 5. The lowest BCUT2D eigenvalue weighted by molar-refractivity contribution is -0.262. The minimum atomic E-state index is -0.667. The summed E-state index contributed by atoms with van der Waals surface area (Å²) in [6, 6.07) is 0. The smallest absolute Gasteiger partial charge is 0.309 e. The SMILES string of the molecule is C=C1[C@@H]2CC[C@H]3[C@]4(C)CC5(C[C@@H](C(=O)OC)[C@H]4CC[C@]3(C2)[C@@H]1O)OCCO5. The molecule has 1 aliphatic heterocycles. The monoisotopic (exact) mass is 376 g/mol. The van der Waals surface area contributed by atoms with Gasteiger partial charge < -0.3 is 19.3 Å². The molecule has 150 valence electrons. The molecule has 4 aliphatic carbocycles. The molecule has 5 aliphatic rings. The molecule has 4 saturated carbocycles. The van der Waals surface area contributed by atoms with Crippen LogP contribution in [0.5, 0.6) is 0 Å². The third-order valence-corrected chi connectivity index (χ3v) is 9.09. The van der Waals surface area contributed by atoms with Crippen molar-refractivity contribution in [2.75, 3.05) is 20.3 Å². The maximum absolute atomic E-state index is 12.7. The van der Waals surface area contributed by atoms with E-state index in [2.05, 4.69) is 13.5 Å². The van der Waals surface area contributed by atoms with Crippen molar-refractivity contribution in [3.8, 4) is 0 Å². The van der Waals surface area contributed by atoms with Crippen LogP contribution >= 0.6 is 0 Å². The van der Waals surface area contributed by atoms with E-state index in [-0.39, 0.29) is 28.6 Å². The van der Waals surface area contributed by atoms with Crippen molar-refractivity contribution < 1.29 is 24.1 Å².